The monoisotopic (exact) mass is 827 g/mol. The highest BCUT2D eigenvalue weighted by Gasteiger charge is 2.38. The lowest BCUT2D eigenvalue weighted by atomic mass is 9.92. The van der Waals surface area contributed by atoms with E-state index in [1.165, 1.54) is 6.92 Å². The van der Waals surface area contributed by atoms with Gasteiger partial charge < -0.3 is 40.2 Å². The first-order valence-electron chi connectivity index (χ1n) is 21.0. The standard InChI is InChI=1S/C46H61N5O9/c1-33(52)11-6-12-40(53)34-16-19-38(20-17-34)50-43(55)15-7-14-42(54)49-25-9-27-59-26-8-22-46(2,3)51-32-37-30-39(60-28-10-24-48-41-13-4-5-23-47-41)21-18-35(37)29-36(45(51)58)31-44(56)57/h4-5,13,16-21,23,30,36H,6-12,14-15,22,24-29,31-32H2,1-3H3,(H,47,48)(H,49,54)(H,50,55)(H,56,57). The van der Waals surface area contributed by atoms with Crippen LogP contribution < -0.4 is 20.7 Å². The van der Waals surface area contributed by atoms with Crippen molar-refractivity contribution >= 4 is 46.8 Å². The van der Waals surface area contributed by atoms with E-state index in [9.17, 15) is 33.9 Å². The fourth-order valence-electron chi connectivity index (χ4n) is 7.04. The van der Waals surface area contributed by atoms with Gasteiger partial charge in [-0.05, 0) is 125 Å². The number of nitrogens with one attached hydrogen (secondary N) is 3. The molecule has 60 heavy (non-hydrogen) atoms. The average Bonchev–Trinajstić information content (AvgIpc) is 3.34. The summed E-state index contributed by atoms with van der Waals surface area (Å²) in [6, 6.07) is 18.1. The molecule has 0 aliphatic carbocycles. The zero-order valence-corrected chi connectivity index (χ0v) is 35.3. The zero-order chi connectivity index (χ0) is 43.3. The van der Waals surface area contributed by atoms with Gasteiger partial charge >= 0.3 is 5.97 Å². The topological polar surface area (TPSA) is 193 Å². The van der Waals surface area contributed by atoms with E-state index < -0.39 is 17.4 Å². The molecule has 1 unspecified atom stereocenters. The molecule has 0 spiro atoms. The summed E-state index contributed by atoms with van der Waals surface area (Å²) in [5.74, 6) is -0.685. The molecule has 1 aromatic heterocycles. The van der Waals surface area contributed by atoms with Crippen LogP contribution in [-0.2, 0) is 41.7 Å². The van der Waals surface area contributed by atoms with E-state index in [2.05, 4.69) is 20.9 Å². The lowest BCUT2D eigenvalue weighted by molar-refractivity contribution is -0.148. The number of hydrogen-bond acceptors (Lipinski definition) is 10. The van der Waals surface area contributed by atoms with Crippen molar-refractivity contribution in [1.29, 1.82) is 0 Å². The van der Waals surface area contributed by atoms with Gasteiger partial charge in [0.05, 0.1) is 18.9 Å². The number of carbonyl (C=O) groups is 6. The van der Waals surface area contributed by atoms with Gasteiger partial charge in [-0.2, -0.15) is 0 Å². The number of anilines is 2. The Morgan fingerprint density at radius 3 is 2.30 bits per heavy atom. The van der Waals surface area contributed by atoms with Crippen LogP contribution in [0.3, 0.4) is 0 Å². The summed E-state index contributed by atoms with van der Waals surface area (Å²) in [6.45, 7) is 8.43. The van der Waals surface area contributed by atoms with Crippen LogP contribution in [0.2, 0.25) is 0 Å². The van der Waals surface area contributed by atoms with Crippen LogP contribution in [-0.4, -0.2) is 88.7 Å². The number of pyridine rings is 1. The van der Waals surface area contributed by atoms with E-state index in [1.54, 1.807) is 30.5 Å². The van der Waals surface area contributed by atoms with E-state index in [4.69, 9.17) is 9.47 Å². The van der Waals surface area contributed by atoms with E-state index >= 15 is 0 Å². The first-order valence-corrected chi connectivity index (χ1v) is 21.0. The smallest absolute Gasteiger partial charge is 0.304 e. The number of carboxylic acids is 1. The van der Waals surface area contributed by atoms with Gasteiger partial charge in [0.15, 0.2) is 5.78 Å². The summed E-state index contributed by atoms with van der Waals surface area (Å²) in [5.41, 5.74) is 2.43. The summed E-state index contributed by atoms with van der Waals surface area (Å²) < 4.78 is 11.9. The number of nitrogens with zero attached hydrogens (tertiary/aromatic N) is 2. The van der Waals surface area contributed by atoms with Gasteiger partial charge in [-0.25, -0.2) is 4.98 Å². The van der Waals surface area contributed by atoms with Gasteiger partial charge in [-0.3, -0.25) is 24.0 Å². The third-order valence-corrected chi connectivity index (χ3v) is 10.4. The number of fused-ring (bicyclic) bond motifs is 1. The minimum absolute atomic E-state index is 0.0464. The molecule has 1 aliphatic heterocycles. The fraction of sp³-hybridized carbons (Fsp3) is 0.500. The quantitative estimate of drug-likeness (QED) is 0.0468. The fourth-order valence-corrected chi connectivity index (χ4v) is 7.04. The van der Waals surface area contributed by atoms with Crippen LogP contribution >= 0.6 is 0 Å². The van der Waals surface area contributed by atoms with Crippen molar-refractivity contribution in [2.75, 3.05) is 43.5 Å². The summed E-state index contributed by atoms with van der Waals surface area (Å²) in [7, 11) is 0. The van der Waals surface area contributed by atoms with Crippen LogP contribution in [0.5, 0.6) is 5.75 Å². The number of ether oxygens (including phenoxy) is 2. The van der Waals surface area contributed by atoms with E-state index in [-0.39, 0.29) is 48.6 Å². The minimum Gasteiger partial charge on any atom is -0.494 e. The maximum Gasteiger partial charge on any atom is 0.304 e. The van der Waals surface area contributed by atoms with Crippen molar-refractivity contribution in [2.45, 2.75) is 110 Å². The number of carboxylic acid groups (broad SMARTS) is 1. The first-order chi connectivity index (χ1) is 28.8. The Hall–Kier alpha value is -5.63. The number of hydrogen-bond donors (Lipinski definition) is 4. The van der Waals surface area contributed by atoms with Gasteiger partial charge in [-0.15, -0.1) is 0 Å². The van der Waals surface area contributed by atoms with Crippen molar-refractivity contribution in [3.05, 3.63) is 83.6 Å². The second kappa shape index (κ2) is 24.5. The molecule has 0 fully saturated rings. The van der Waals surface area contributed by atoms with Gasteiger partial charge in [-0.1, -0.05) is 12.1 Å². The molecule has 2 aromatic carbocycles. The van der Waals surface area contributed by atoms with Gasteiger partial charge in [0.2, 0.25) is 17.7 Å². The molecule has 3 amide bonds. The largest absolute Gasteiger partial charge is 0.494 e. The molecule has 0 radical (unpaired) electrons. The number of amides is 3. The molecule has 4 N–H and O–H groups in total. The minimum atomic E-state index is -1.00. The second-order valence-electron chi connectivity index (χ2n) is 15.9. The zero-order valence-electron chi connectivity index (χ0n) is 35.3. The van der Waals surface area contributed by atoms with Crippen molar-refractivity contribution in [1.82, 2.24) is 15.2 Å². The molecule has 1 atom stereocenters. The van der Waals surface area contributed by atoms with E-state index in [0.717, 1.165) is 23.4 Å². The third kappa shape index (κ3) is 16.6. The molecule has 14 nitrogen and oxygen atoms in total. The molecule has 3 aromatic rings. The van der Waals surface area contributed by atoms with Crippen LogP contribution in [0.1, 0.15) is 113 Å². The SMILES string of the molecule is CC(=O)CCCC(=O)c1ccc(NC(=O)CCCC(=O)NCCCOCCCC(C)(C)N2Cc3cc(OCCCNc4ccccn4)ccc3CC(CC(=O)O)C2=O)cc1. The molecule has 14 heteroatoms. The Morgan fingerprint density at radius 1 is 0.833 bits per heavy atom. The molecule has 324 valence electrons. The Bertz CT molecular complexity index is 1880. The summed E-state index contributed by atoms with van der Waals surface area (Å²) in [6.07, 6.45) is 6.53. The number of ketones is 2. The van der Waals surface area contributed by atoms with Gasteiger partial charge in [0, 0.05) is 81.5 Å². The summed E-state index contributed by atoms with van der Waals surface area (Å²) >= 11 is 0. The lowest BCUT2D eigenvalue weighted by Gasteiger charge is -2.39. The molecular weight excluding hydrogens is 767 g/mol. The number of aliphatic carboxylic acids is 1. The highest BCUT2D eigenvalue weighted by Crippen LogP contribution is 2.33. The normalized spacial score (nSPS) is 13.8. The maximum atomic E-state index is 13.9. The number of aromatic nitrogens is 1. The number of carbonyl (C=O) groups excluding carboxylic acids is 5. The molecule has 2 heterocycles. The van der Waals surface area contributed by atoms with Crippen LogP contribution in [0.25, 0.3) is 0 Å². The highest BCUT2D eigenvalue weighted by atomic mass is 16.5. The predicted octanol–water partition coefficient (Wildman–Crippen LogP) is 6.77. The van der Waals surface area contributed by atoms with E-state index in [0.29, 0.717) is 108 Å². The molecular formula is C46H61N5O9. The number of Topliss-reactive ketones (excluding diaryl/α,β-unsaturated/α-hetero) is 2. The summed E-state index contributed by atoms with van der Waals surface area (Å²) in [4.78, 5) is 79.8. The lowest BCUT2D eigenvalue weighted by Crippen LogP contribution is -2.49. The second-order valence-corrected chi connectivity index (χ2v) is 15.9. The van der Waals surface area contributed by atoms with Crippen LogP contribution in [0, 0.1) is 5.92 Å². The summed E-state index contributed by atoms with van der Waals surface area (Å²) in [5, 5.41) is 18.6. The highest BCUT2D eigenvalue weighted by molar-refractivity contribution is 5.97. The average molecular weight is 828 g/mol. The van der Waals surface area contributed by atoms with Crippen molar-refractivity contribution in [2.24, 2.45) is 5.92 Å². The first kappa shape index (κ1) is 47.1. The maximum absolute atomic E-state index is 13.9. The van der Waals surface area contributed by atoms with Crippen LogP contribution in [0.4, 0.5) is 11.5 Å². The molecule has 0 saturated carbocycles. The van der Waals surface area contributed by atoms with Crippen molar-refractivity contribution in [3.63, 3.8) is 0 Å². The Kier molecular flexibility index (Phi) is 19.2. The third-order valence-electron chi connectivity index (χ3n) is 10.4. The van der Waals surface area contributed by atoms with Gasteiger partial charge in [0.25, 0.3) is 0 Å². The van der Waals surface area contributed by atoms with E-state index in [1.807, 2.05) is 55.1 Å². The molecule has 0 saturated heterocycles. The van der Waals surface area contributed by atoms with Crippen molar-refractivity contribution < 1.29 is 43.3 Å². The Labute approximate surface area is 353 Å². The predicted molar refractivity (Wildman–Crippen MR) is 229 cm³/mol. The molecule has 4 rings (SSSR count). The Balaban J connectivity index is 1.12. The number of rotatable bonds is 27. The van der Waals surface area contributed by atoms with Gasteiger partial charge in [0.1, 0.15) is 17.4 Å². The number of benzene rings is 2. The van der Waals surface area contributed by atoms with Crippen LogP contribution in [0.15, 0.2) is 66.9 Å². The van der Waals surface area contributed by atoms with Crippen molar-refractivity contribution in [3.8, 4) is 5.75 Å². The Morgan fingerprint density at radius 2 is 1.57 bits per heavy atom. The molecule has 0 bridgehead atoms. The molecule has 1 aliphatic rings.